The molecule has 0 atom stereocenters. The molecule has 3 aromatic rings. The quantitative estimate of drug-likeness (QED) is 0.456. The Balaban J connectivity index is 1.99. The number of halogens is 1. The van der Waals surface area contributed by atoms with Crippen molar-refractivity contribution < 1.29 is 19.3 Å². The summed E-state index contributed by atoms with van der Waals surface area (Å²) in [5.74, 6) is 0.0972. The third kappa shape index (κ3) is 5.02. The largest absolute Gasteiger partial charge is 0.497 e. The number of piperidine rings is 1. The van der Waals surface area contributed by atoms with Crippen LogP contribution in [0.3, 0.4) is 0 Å². The van der Waals surface area contributed by atoms with Crippen LogP contribution < -0.4 is 20.9 Å². The fourth-order valence-corrected chi connectivity index (χ4v) is 4.19. The minimum atomic E-state index is -1.79. The van der Waals surface area contributed by atoms with Crippen molar-refractivity contribution in [3.8, 4) is 34.2 Å². The van der Waals surface area contributed by atoms with E-state index in [1.54, 1.807) is 30.3 Å². The maximum atomic E-state index is 14.6. The maximum absolute atomic E-state index is 14.6. The maximum Gasteiger partial charge on any atom is 0.263 e. The Kier molecular flexibility index (Phi) is 7.12. The van der Waals surface area contributed by atoms with Crippen molar-refractivity contribution in [3.05, 3.63) is 64.2 Å². The van der Waals surface area contributed by atoms with Gasteiger partial charge in [0, 0.05) is 24.7 Å². The second-order valence-corrected chi connectivity index (χ2v) is 8.39. The number of aliphatic hydroxyl groups is 2. The molecule has 10 heteroatoms. The van der Waals surface area contributed by atoms with E-state index in [9.17, 15) is 19.4 Å². The number of nitrogens with zero attached hydrogens (tertiary/aromatic N) is 4. The Morgan fingerprint density at radius 3 is 2.43 bits per heavy atom. The number of anilines is 1. The number of nitriles is 1. The Bertz CT molecular complexity index is 1310. The first kappa shape index (κ1) is 24.3. The second-order valence-electron chi connectivity index (χ2n) is 8.39. The van der Waals surface area contributed by atoms with E-state index >= 15 is 0 Å². The van der Waals surface area contributed by atoms with E-state index < -0.39 is 24.2 Å². The fourth-order valence-electron chi connectivity index (χ4n) is 4.19. The third-order valence-corrected chi connectivity index (χ3v) is 6.06. The van der Waals surface area contributed by atoms with E-state index in [1.165, 1.54) is 29.9 Å². The van der Waals surface area contributed by atoms with Gasteiger partial charge in [0.25, 0.3) is 5.56 Å². The Morgan fingerprint density at radius 2 is 1.86 bits per heavy atom. The predicted octanol–water partition coefficient (Wildman–Crippen LogP) is 1.83. The summed E-state index contributed by atoms with van der Waals surface area (Å²) in [4.78, 5) is 20.5. The molecule has 0 amide bonds. The first-order valence-corrected chi connectivity index (χ1v) is 11.2. The Hall–Kier alpha value is -3.78. The molecule has 35 heavy (non-hydrogen) atoms. The number of methoxy groups -OCH3 is 1. The van der Waals surface area contributed by atoms with Crippen LogP contribution in [-0.2, 0) is 6.54 Å². The zero-order chi connectivity index (χ0) is 25.1. The van der Waals surface area contributed by atoms with Gasteiger partial charge in [-0.25, -0.2) is 9.37 Å². The number of ether oxygens (including phenoxy) is 1. The first-order valence-electron chi connectivity index (χ1n) is 11.2. The zero-order valence-electron chi connectivity index (χ0n) is 19.2. The van der Waals surface area contributed by atoms with E-state index in [1.807, 2.05) is 4.90 Å². The van der Waals surface area contributed by atoms with Crippen molar-refractivity contribution in [3.63, 3.8) is 0 Å². The van der Waals surface area contributed by atoms with Crippen LogP contribution in [0.5, 0.6) is 5.75 Å². The van der Waals surface area contributed by atoms with E-state index in [-0.39, 0.29) is 28.8 Å². The topological polar surface area (TPSA) is 138 Å². The molecule has 0 aliphatic carbocycles. The monoisotopic (exact) mass is 479 g/mol. The molecule has 0 spiro atoms. The zero-order valence-corrected chi connectivity index (χ0v) is 19.2. The number of nitrogens with two attached hydrogens (primary N) is 1. The molecule has 1 aliphatic heterocycles. The van der Waals surface area contributed by atoms with E-state index in [2.05, 4.69) is 0 Å². The number of rotatable bonds is 6. The van der Waals surface area contributed by atoms with Gasteiger partial charge in [0.05, 0.1) is 30.5 Å². The molecule has 4 N–H and O–H groups in total. The summed E-state index contributed by atoms with van der Waals surface area (Å²) < 4.78 is 21.0. The van der Waals surface area contributed by atoms with Crippen LogP contribution in [0, 0.1) is 17.1 Å². The van der Waals surface area contributed by atoms with Crippen LogP contribution in [-0.4, -0.2) is 52.3 Å². The lowest BCUT2D eigenvalue weighted by atomic mass is 9.99. The highest BCUT2D eigenvalue weighted by Gasteiger charge is 2.26. The van der Waals surface area contributed by atoms with Gasteiger partial charge in [-0.3, -0.25) is 9.36 Å². The average Bonchev–Trinajstić information content (AvgIpc) is 2.85. The fraction of sp³-hybridized carbons (Fsp3) is 0.320. The highest BCUT2D eigenvalue weighted by molar-refractivity contribution is 5.81. The molecule has 0 radical (unpaired) electrons. The summed E-state index contributed by atoms with van der Waals surface area (Å²) in [6.07, 6.45) is -0.431. The van der Waals surface area contributed by atoms with Crippen LogP contribution in [0.15, 0.2) is 47.3 Å². The highest BCUT2D eigenvalue weighted by Crippen LogP contribution is 2.32. The molecule has 0 unspecified atom stereocenters. The molecule has 0 bridgehead atoms. The van der Waals surface area contributed by atoms with Crippen molar-refractivity contribution in [1.82, 2.24) is 9.55 Å². The molecule has 1 saturated heterocycles. The molecule has 2 aromatic carbocycles. The van der Waals surface area contributed by atoms with Gasteiger partial charge in [-0.2, -0.15) is 5.26 Å². The van der Waals surface area contributed by atoms with Gasteiger partial charge >= 0.3 is 0 Å². The van der Waals surface area contributed by atoms with Crippen molar-refractivity contribution in [2.75, 3.05) is 25.1 Å². The van der Waals surface area contributed by atoms with Gasteiger partial charge in [-0.1, -0.05) is 18.2 Å². The summed E-state index contributed by atoms with van der Waals surface area (Å²) in [5, 5.41) is 28.6. The normalized spacial score (nSPS) is 14.3. The van der Waals surface area contributed by atoms with Crippen LogP contribution in [0.4, 0.5) is 10.3 Å². The number of benzene rings is 2. The lowest BCUT2D eigenvalue weighted by Gasteiger charge is -2.33. The summed E-state index contributed by atoms with van der Waals surface area (Å²) >= 11 is 0. The van der Waals surface area contributed by atoms with E-state index in [0.29, 0.717) is 42.8 Å². The Labute approximate surface area is 201 Å². The molecular weight excluding hydrogens is 453 g/mol. The molecular formula is C25H26FN5O4. The average molecular weight is 480 g/mol. The van der Waals surface area contributed by atoms with Gasteiger partial charge in [0.2, 0.25) is 5.95 Å². The Morgan fingerprint density at radius 1 is 1.20 bits per heavy atom. The summed E-state index contributed by atoms with van der Waals surface area (Å²) in [6.45, 7) is 0.658. The lowest BCUT2D eigenvalue weighted by Crippen LogP contribution is -2.43. The van der Waals surface area contributed by atoms with Crippen LogP contribution >= 0.6 is 0 Å². The molecule has 1 fully saturated rings. The van der Waals surface area contributed by atoms with E-state index in [0.717, 1.165) is 0 Å². The van der Waals surface area contributed by atoms with Crippen molar-refractivity contribution in [1.29, 1.82) is 5.26 Å². The predicted molar refractivity (Wildman–Crippen MR) is 128 cm³/mol. The van der Waals surface area contributed by atoms with Gasteiger partial charge < -0.3 is 25.6 Å². The van der Waals surface area contributed by atoms with Gasteiger partial charge in [-0.15, -0.1) is 0 Å². The summed E-state index contributed by atoms with van der Waals surface area (Å²) in [5.41, 5.74) is 6.60. The molecule has 182 valence electrons. The third-order valence-electron chi connectivity index (χ3n) is 6.06. The first-order chi connectivity index (χ1) is 16.8. The van der Waals surface area contributed by atoms with Crippen LogP contribution in [0.1, 0.15) is 18.4 Å². The number of aliphatic hydroxyl groups excluding tert-OH is 1. The van der Waals surface area contributed by atoms with Crippen molar-refractivity contribution in [2.45, 2.75) is 31.7 Å². The van der Waals surface area contributed by atoms with Gasteiger partial charge in [0.1, 0.15) is 17.6 Å². The molecule has 9 nitrogen and oxygen atoms in total. The van der Waals surface area contributed by atoms with E-state index in [4.69, 9.17) is 20.7 Å². The summed E-state index contributed by atoms with van der Waals surface area (Å²) in [6, 6.07) is 12.6. The standard InChI is InChI=1S/C25H26FN5O4/c1-35-19-6-4-15(5-7-19)22-23(16-2-3-17(13-27)20(26)12-16)29-25(30-10-8-18(28)9-11-30)31(24(22)34)14-21(32)33/h2-7,12,18,21,32-33H,8-11,14,28H2,1H3. The highest BCUT2D eigenvalue weighted by atomic mass is 19.1. The molecule has 1 aromatic heterocycles. The minimum Gasteiger partial charge on any atom is -0.497 e. The minimum absolute atomic E-state index is 0.0283. The second kappa shape index (κ2) is 10.2. The lowest BCUT2D eigenvalue weighted by molar-refractivity contribution is -0.0517. The van der Waals surface area contributed by atoms with Crippen LogP contribution in [0.25, 0.3) is 22.4 Å². The van der Waals surface area contributed by atoms with Crippen molar-refractivity contribution in [2.24, 2.45) is 5.73 Å². The molecule has 4 rings (SSSR count). The van der Waals surface area contributed by atoms with Gasteiger partial charge in [-0.05, 0) is 42.7 Å². The van der Waals surface area contributed by atoms with Crippen molar-refractivity contribution >= 4 is 5.95 Å². The molecule has 2 heterocycles. The number of hydrogen-bond donors (Lipinski definition) is 3. The smallest absolute Gasteiger partial charge is 0.263 e. The van der Waals surface area contributed by atoms with Crippen LogP contribution in [0.2, 0.25) is 0 Å². The number of hydrogen-bond acceptors (Lipinski definition) is 8. The SMILES string of the molecule is COc1ccc(-c2c(-c3ccc(C#N)c(F)c3)nc(N3CCC(N)CC3)n(CC(O)O)c2=O)cc1. The summed E-state index contributed by atoms with van der Waals surface area (Å²) in [7, 11) is 1.52. The molecule has 1 aliphatic rings. The van der Waals surface area contributed by atoms with Gasteiger partial charge in [0.15, 0.2) is 6.29 Å². The number of aromatic nitrogens is 2. The molecule has 0 saturated carbocycles.